The zero-order chi connectivity index (χ0) is 16.4. The molecule has 0 saturated heterocycles. The molecule has 0 aliphatic heterocycles. The Morgan fingerprint density at radius 1 is 1.22 bits per heavy atom. The van der Waals surface area contributed by atoms with E-state index >= 15 is 0 Å². The van der Waals surface area contributed by atoms with Crippen LogP contribution in [0, 0.1) is 0 Å². The van der Waals surface area contributed by atoms with Gasteiger partial charge in [0.2, 0.25) is 0 Å². The van der Waals surface area contributed by atoms with Crippen LogP contribution in [-0.4, -0.2) is 26.1 Å². The van der Waals surface area contributed by atoms with Crippen LogP contribution in [0.2, 0.25) is 0 Å². The first-order valence-corrected chi connectivity index (χ1v) is 7.48. The highest BCUT2D eigenvalue weighted by Gasteiger charge is 2.18. The normalized spacial score (nSPS) is 11.1. The molecule has 0 aliphatic carbocycles. The van der Waals surface area contributed by atoms with E-state index in [0.29, 0.717) is 17.9 Å². The molecule has 23 heavy (non-hydrogen) atoms. The molecule has 1 amide bonds. The summed E-state index contributed by atoms with van der Waals surface area (Å²) in [6.07, 6.45) is 1.45. The number of hydrogen-bond acceptors (Lipinski definition) is 3. The molecule has 0 spiro atoms. The van der Waals surface area contributed by atoms with Crippen molar-refractivity contribution in [2.45, 2.75) is 26.4 Å². The third-order valence-corrected chi connectivity index (χ3v) is 3.46. The quantitative estimate of drug-likeness (QED) is 0.797. The molecular formula is C17H18N4O2. The average Bonchev–Trinajstić information content (AvgIpc) is 2.88. The predicted octanol–water partition coefficient (Wildman–Crippen LogP) is 1.68. The monoisotopic (exact) mass is 310 g/mol. The SMILES string of the molecule is CC(C)NC(=O)c1cc2nccc(=O)n2n1Cc1ccccc1. The lowest BCUT2D eigenvalue weighted by Gasteiger charge is -2.12. The van der Waals surface area contributed by atoms with Gasteiger partial charge < -0.3 is 5.32 Å². The van der Waals surface area contributed by atoms with Crippen molar-refractivity contribution in [3.63, 3.8) is 0 Å². The Hall–Kier alpha value is -2.89. The Morgan fingerprint density at radius 2 is 1.96 bits per heavy atom. The summed E-state index contributed by atoms with van der Waals surface area (Å²) in [5.74, 6) is -0.221. The molecule has 6 nitrogen and oxygen atoms in total. The molecule has 6 heteroatoms. The molecule has 0 unspecified atom stereocenters. The number of aromatic nitrogens is 3. The number of carbonyl (C=O) groups excluding carboxylic acids is 1. The van der Waals surface area contributed by atoms with Gasteiger partial charge >= 0.3 is 0 Å². The lowest BCUT2D eigenvalue weighted by molar-refractivity contribution is 0.0932. The summed E-state index contributed by atoms with van der Waals surface area (Å²) in [5.41, 5.74) is 1.66. The second kappa shape index (κ2) is 6.08. The van der Waals surface area contributed by atoms with Crippen molar-refractivity contribution in [2.75, 3.05) is 0 Å². The van der Waals surface area contributed by atoms with E-state index in [1.165, 1.54) is 16.8 Å². The van der Waals surface area contributed by atoms with Crippen molar-refractivity contribution >= 4 is 11.6 Å². The molecule has 0 radical (unpaired) electrons. The molecule has 0 bridgehead atoms. The number of nitrogens with one attached hydrogen (secondary N) is 1. The van der Waals surface area contributed by atoms with Crippen molar-refractivity contribution in [3.05, 3.63) is 70.3 Å². The average molecular weight is 310 g/mol. The molecule has 2 heterocycles. The van der Waals surface area contributed by atoms with Crippen molar-refractivity contribution in [3.8, 4) is 0 Å². The molecule has 3 rings (SSSR count). The van der Waals surface area contributed by atoms with Gasteiger partial charge in [0.15, 0.2) is 5.65 Å². The smallest absolute Gasteiger partial charge is 0.272 e. The second-order valence-corrected chi connectivity index (χ2v) is 5.65. The lowest BCUT2D eigenvalue weighted by atomic mass is 10.2. The van der Waals surface area contributed by atoms with Gasteiger partial charge in [0.05, 0.1) is 6.54 Å². The van der Waals surface area contributed by atoms with Crippen molar-refractivity contribution in [1.29, 1.82) is 0 Å². The van der Waals surface area contributed by atoms with Gasteiger partial charge in [0, 0.05) is 24.4 Å². The van der Waals surface area contributed by atoms with Crippen molar-refractivity contribution in [1.82, 2.24) is 19.5 Å². The molecule has 0 aliphatic rings. The van der Waals surface area contributed by atoms with Gasteiger partial charge in [-0.2, -0.15) is 4.52 Å². The Labute approximate surface area is 133 Å². The maximum absolute atomic E-state index is 12.5. The first-order valence-electron chi connectivity index (χ1n) is 7.48. The molecule has 2 aromatic heterocycles. The summed E-state index contributed by atoms with van der Waals surface area (Å²) in [5, 5.41) is 2.86. The van der Waals surface area contributed by atoms with E-state index in [9.17, 15) is 9.59 Å². The first kappa shape index (κ1) is 15.0. The van der Waals surface area contributed by atoms with Crippen LogP contribution in [0.1, 0.15) is 29.9 Å². The molecular weight excluding hydrogens is 292 g/mol. The van der Waals surface area contributed by atoms with Gasteiger partial charge in [0.1, 0.15) is 5.69 Å². The number of amides is 1. The fourth-order valence-electron chi connectivity index (χ4n) is 2.49. The van der Waals surface area contributed by atoms with E-state index in [-0.39, 0.29) is 17.5 Å². The van der Waals surface area contributed by atoms with Crippen LogP contribution in [0.3, 0.4) is 0 Å². The fourth-order valence-corrected chi connectivity index (χ4v) is 2.49. The Balaban J connectivity index is 2.15. The van der Waals surface area contributed by atoms with Gasteiger partial charge in [-0.3, -0.25) is 14.3 Å². The van der Waals surface area contributed by atoms with E-state index in [1.54, 1.807) is 10.7 Å². The Bertz CT molecular complexity index is 894. The predicted molar refractivity (Wildman–Crippen MR) is 87.6 cm³/mol. The van der Waals surface area contributed by atoms with E-state index in [4.69, 9.17) is 0 Å². The lowest BCUT2D eigenvalue weighted by Crippen LogP contribution is -2.33. The summed E-state index contributed by atoms with van der Waals surface area (Å²) in [6, 6.07) is 12.7. The zero-order valence-corrected chi connectivity index (χ0v) is 13.1. The molecule has 0 saturated carbocycles. The molecule has 1 N–H and O–H groups in total. The maximum Gasteiger partial charge on any atom is 0.272 e. The summed E-state index contributed by atoms with van der Waals surface area (Å²) >= 11 is 0. The zero-order valence-electron chi connectivity index (χ0n) is 13.1. The summed E-state index contributed by atoms with van der Waals surface area (Å²) in [6.45, 7) is 4.20. The van der Waals surface area contributed by atoms with Gasteiger partial charge in [0.25, 0.3) is 11.5 Å². The minimum atomic E-state index is -0.221. The number of rotatable bonds is 4. The van der Waals surface area contributed by atoms with Gasteiger partial charge in [-0.05, 0) is 19.4 Å². The van der Waals surface area contributed by atoms with Crippen LogP contribution in [0.5, 0.6) is 0 Å². The first-order chi connectivity index (χ1) is 11.1. The summed E-state index contributed by atoms with van der Waals surface area (Å²) in [4.78, 5) is 28.9. The molecule has 0 atom stereocenters. The number of fused-ring (bicyclic) bond motifs is 1. The van der Waals surface area contributed by atoms with Crippen molar-refractivity contribution < 1.29 is 4.79 Å². The van der Waals surface area contributed by atoms with Crippen LogP contribution < -0.4 is 10.9 Å². The highest BCUT2D eigenvalue weighted by atomic mass is 16.2. The van der Waals surface area contributed by atoms with E-state index in [2.05, 4.69) is 10.3 Å². The van der Waals surface area contributed by atoms with Gasteiger partial charge in [-0.1, -0.05) is 30.3 Å². The summed E-state index contributed by atoms with van der Waals surface area (Å²) < 4.78 is 3.10. The molecule has 1 aromatic carbocycles. The van der Waals surface area contributed by atoms with Gasteiger partial charge in [-0.15, -0.1) is 0 Å². The van der Waals surface area contributed by atoms with Crippen LogP contribution >= 0.6 is 0 Å². The number of hydrogen-bond donors (Lipinski definition) is 1. The standard InChI is InChI=1S/C17H18N4O2/c1-12(2)19-17(23)14-10-15-18-9-8-16(22)21(15)20(14)11-13-6-4-3-5-7-13/h3-10,12H,11H2,1-2H3,(H,19,23). The molecule has 0 fully saturated rings. The molecule has 118 valence electrons. The topological polar surface area (TPSA) is 68.4 Å². The number of carbonyl (C=O) groups is 1. The number of nitrogens with zero attached hydrogens (tertiary/aromatic N) is 3. The maximum atomic E-state index is 12.5. The highest BCUT2D eigenvalue weighted by molar-refractivity contribution is 5.93. The minimum absolute atomic E-state index is 0.00960. The van der Waals surface area contributed by atoms with Crippen LogP contribution in [0.25, 0.3) is 5.65 Å². The highest BCUT2D eigenvalue weighted by Crippen LogP contribution is 2.11. The second-order valence-electron chi connectivity index (χ2n) is 5.65. The molecule has 3 aromatic rings. The van der Waals surface area contributed by atoms with Crippen LogP contribution in [-0.2, 0) is 6.54 Å². The van der Waals surface area contributed by atoms with Crippen LogP contribution in [0.15, 0.2) is 53.5 Å². The van der Waals surface area contributed by atoms with E-state index in [0.717, 1.165) is 5.56 Å². The third-order valence-electron chi connectivity index (χ3n) is 3.46. The Kier molecular flexibility index (Phi) is 3.97. The number of benzene rings is 1. The van der Waals surface area contributed by atoms with E-state index < -0.39 is 0 Å². The van der Waals surface area contributed by atoms with E-state index in [1.807, 2.05) is 44.2 Å². The van der Waals surface area contributed by atoms with Gasteiger partial charge in [-0.25, -0.2) is 4.98 Å². The minimum Gasteiger partial charge on any atom is -0.349 e. The largest absolute Gasteiger partial charge is 0.349 e. The van der Waals surface area contributed by atoms with Crippen LogP contribution in [0.4, 0.5) is 0 Å². The fraction of sp³-hybridized carbons (Fsp3) is 0.235. The Morgan fingerprint density at radius 3 is 2.65 bits per heavy atom. The summed E-state index contributed by atoms with van der Waals surface area (Å²) in [7, 11) is 0. The van der Waals surface area contributed by atoms with Crippen molar-refractivity contribution in [2.24, 2.45) is 0 Å². The third kappa shape index (κ3) is 3.01.